The Hall–Kier alpha value is -2.93. The second-order valence-corrected chi connectivity index (χ2v) is 5.77. The third-order valence-corrected chi connectivity index (χ3v) is 3.98. The minimum atomic E-state index is -0.668. The van der Waals surface area contributed by atoms with Crippen LogP contribution in [-0.4, -0.2) is 32.6 Å². The molecule has 2 aromatic rings. The molecule has 0 unspecified atom stereocenters. The van der Waals surface area contributed by atoms with E-state index in [1.165, 1.54) is 26.4 Å². The molecule has 0 saturated heterocycles. The smallest absolute Gasteiger partial charge is 0.262 e. The van der Waals surface area contributed by atoms with E-state index in [9.17, 15) is 9.59 Å². The van der Waals surface area contributed by atoms with Crippen molar-refractivity contribution in [3.63, 3.8) is 0 Å². The maximum absolute atomic E-state index is 12.2. The molecule has 2 aromatic carbocycles. The molecule has 3 N–H and O–H groups in total. The molecule has 0 aliphatic carbocycles. The van der Waals surface area contributed by atoms with Crippen molar-refractivity contribution in [2.45, 2.75) is 6.92 Å². The van der Waals surface area contributed by atoms with Gasteiger partial charge < -0.3 is 25.3 Å². The van der Waals surface area contributed by atoms with Crippen LogP contribution in [0.4, 0.5) is 5.69 Å². The van der Waals surface area contributed by atoms with Crippen LogP contribution in [0.2, 0.25) is 5.02 Å². The molecule has 2 amide bonds. The molecular formula is C18H19ClN2O5. The topological polar surface area (TPSA) is 99.9 Å². The maximum Gasteiger partial charge on any atom is 0.262 e. The van der Waals surface area contributed by atoms with Crippen molar-refractivity contribution in [1.82, 2.24) is 0 Å². The number of benzene rings is 2. The van der Waals surface area contributed by atoms with Gasteiger partial charge in [0.1, 0.15) is 17.2 Å². The Morgan fingerprint density at radius 3 is 2.46 bits per heavy atom. The number of rotatable bonds is 7. The van der Waals surface area contributed by atoms with Gasteiger partial charge in [-0.1, -0.05) is 11.6 Å². The van der Waals surface area contributed by atoms with E-state index in [1.54, 1.807) is 18.2 Å². The Bertz CT molecular complexity index is 839. The van der Waals surface area contributed by atoms with Gasteiger partial charge in [-0.3, -0.25) is 9.59 Å². The number of hydrogen-bond acceptors (Lipinski definition) is 5. The summed E-state index contributed by atoms with van der Waals surface area (Å²) in [6, 6.07) is 7.84. The summed E-state index contributed by atoms with van der Waals surface area (Å²) >= 11 is 6.04. The number of carbonyl (C=O) groups excluding carboxylic acids is 2. The first-order chi connectivity index (χ1) is 12.3. The maximum atomic E-state index is 12.2. The summed E-state index contributed by atoms with van der Waals surface area (Å²) < 4.78 is 15.7. The summed E-state index contributed by atoms with van der Waals surface area (Å²) in [7, 11) is 2.95. The fourth-order valence-electron chi connectivity index (χ4n) is 2.21. The fourth-order valence-corrected chi connectivity index (χ4v) is 2.37. The van der Waals surface area contributed by atoms with Crippen molar-refractivity contribution in [2.75, 3.05) is 26.1 Å². The van der Waals surface area contributed by atoms with Crippen LogP contribution in [-0.2, 0) is 4.79 Å². The number of primary amides is 1. The number of aryl methyl sites for hydroxylation is 1. The lowest BCUT2D eigenvalue weighted by Crippen LogP contribution is -2.22. The van der Waals surface area contributed by atoms with Gasteiger partial charge in [0.05, 0.1) is 25.5 Å². The molecule has 0 atom stereocenters. The van der Waals surface area contributed by atoms with Gasteiger partial charge in [0.25, 0.3) is 11.8 Å². The van der Waals surface area contributed by atoms with Crippen LogP contribution >= 0.6 is 11.6 Å². The van der Waals surface area contributed by atoms with Gasteiger partial charge in [0, 0.05) is 17.2 Å². The van der Waals surface area contributed by atoms with Gasteiger partial charge >= 0.3 is 0 Å². The monoisotopic (exact) mass is 378 g/mol. The van der Waals surface area contributed by atoms with E-state index in [0.29, 0.717) is 22.2 Å². The van der Waals surface area contributed by atoms with Crippen LogP contribution in [0, 0.1) is 6.92 Å². The Kier molecular flexibility index (Phi) is 6.30. The van der Waals surface area contributed by atoms with Gasteiger partial charge in [-0.05, 0) is 30.7 Å². The van der Waals surface area contributed by atoms with Gasteiger partial charge in [-0.2, -0.15) is 0 Å². The van der Waals surface area contributed by atoms with E-state index in [2.05, 4.69) is 5.32 Å². The Labute approximate surface area is 156 Å². The standard InChI is InChI=1S/C18H19ClN2O5/c1-10-6-14(16(25-3)8-13(10)19)21-17(22)9-26-15-7-11(24-2)4-5-12(15)18(20)23/h4-8H,9H2,1-3H3,(H2,20,23)(H,21,22). The molecule has 7 nitrogen and oxygen atoms in total. The Balaban J connectivity index is 2.13. The average Bonchev–Trinajstić information content (AvgIpc) is 2.62. The lowest BCUT2D eigenvalue weighted by atomic mass is 10.2. The largest absolute Gasteiger partial charge is 0.497 e. The first kappa shape index (κ1) is 19.4. The van der Waals surface area contributed by atoms with Crippen LogP contribution in [0.3, 0.4) is 0 Å². The number of hydrogen-bond donors (Lipinski definition) is 2. The highest BCUT2D eigenvalue weighted by atomic mass is 35.5. The third-order valence-electron chi connectivity index (χ3n) is 3.57. The highest BCUT2D eigenvalue weighted by Gasteiger charge is 2.14. The zero-order valence-corrected chi connectivity index (χ0v) is 15.3. The second kappa shape index (κ2) is 8.44. The number of methoxy groups -OCH3 is 2. The van der Waals surface area contributed by atoms with E-state index in [4.69, 9.17) is 31.5 Å². The van der Waals surface area contributed by atoms with Crippen LogP contribution in [0.5, 0.6) is 17.2 Å². The number of carbonyl (C=O) groups is 2. The summed E-state index contributed by atoms with van der Waals surface area (Å²) in [6.07, 6.45) is 0. The molecule has 0 fully saturated rings. The lowest BCUT2D eigenvalue weighted by Gasteiger charge is -2.14. The van der Waals surface area contributed by atoms with E-state index in [1.807, 2.05) is 6.92 Å². The van der Waals surface area contributed by atoms with Crippen LogP contribution in [0.1, 0.15) is 15.9 Å². The van der Waals surface area contributed by atoms with Crippen molar-refractivity contribution < 1.29 is 23.8 Å². The van der Waals surface area contributed by atoms with Gasteiger partial charge in [-0.25, -0.2) is 0 Å². The number of ether oxygens (including phenoxy) is 3. The molecule has 0 aliphatic heterocycles. The van der Waals surface area contributed by atoms with Crippen LogP contribution < -0.4 is 25.3 Å². The van der Waals surface area contributed by atoms with Gasteiger partial charge in [0.2, 0.25) is 0 Å². The molecule has 0 aliphatic rings. The van der Waals surface area contributed by atoms with Crippen molar-refractivity contribution >= 4 is 29.1 Å². The number of anilines is 1. The molecule has 0 spiro atoms. The normalized spacial score (nSPS) is 10.2. The van der Waals surface area contributed by atoms with Gasteiger partial charge in [-0.15, -0.1) is 0 Å². The quantitative estimate of drug-likeness (QED) is 0.771. The summed E-state index contributed by atoms with van der Waals surface area (Å²) in [5.74, 6) is -0.0545. The van der Waals surface area contributed by atoms with E-state index in [0.717, 1.165) is 5.56 Å². The number of amides is 2. The molecule has 0 radical (unpaired) electrons. The van der Waals surface area contributed by atoms with Crippen molar-refractivity contribution in [3.05, 3.63) is 46.5 Å². The van der Waals surface area contributed by atoms with Crippen molar-refractivity contribution in [1.29, 1.82) is 0 Å². The summed E-state index contributed by atoms with van der Waals surface area (Å²) in [4.78, 5) is 23.7. The predicted molar refractivity (Wildman–Crippen MR) is 98.4 cm³/mol. The Morgan fingerprint density at radius 1 is 1.12 bits per heavy atom. The molecular weight excluding hydrogens is 360 g/mol. The average molecular weight is 379 g/mol. The summed E-state index contributed by atoms with van der Waals surface area (Å²) in [5, 5.41) is 3.21. The number of nitrogens with one attached hydrogen (secondary N) is 1. The summed E-state index contributed by atoms with van der Waals surface area (Å²) in [5.41, 5.74) is 6.71. The van der Waals surface area contributed by atoms with Crippen molar-refractivity contribution in [3.8, 4) is 17.2 Å². The molecule has 8 heteroatoms. The highest BCUT2D eigenvalue weighted by molar-refractivity contribution is 6.31. The molecule has 0 aromatic heterocycles. The molecule has 0 bridgehead atoms. The molecule has 2 rings (SSSR count). The first-order valence-corrected chi connectivity index (χ1v) is 7.98. The van der Waals surface area contributed by atoms with E-state index in [-0.39, 0.29) is 17.9 Å². The van der Waals surface area contributed by atoms with Crippen LogP contribution in [0.15, 0.2) is 30.3 Å². The fraction of sp³-hybridized carbons (Fsp3) is 0.222. The highest BCUT2D eigenvalue weighted by Crippen LogP contribution is 2.31. The minimum Gasteiger partial charge on any atom is -0.497 e. The first-order valence-electron chi connectivity index (χ1n) is 7.60. The molecule has 0 heterocycles. The summed E-state index contributed by atoms with van der Waals surface area (Å²) in [6.45, 7) is 1.47. The minimum absolute atomic E-state index is 0.151. The van der Waals surface area contributed by atoms with Gasteiger partial charge in [0.15, 0.2) is 6.61 Å². The Morgan fingerprint density at radius 2 is 1.85 bits per heavy atom. The zero-order valence-electron chi connectivity index (χ0n) is 14.6. The lowest BCUT2D eigenvalue weighted by molar-refractivity contribution is -0.118. The van der Waals surface area contributed by atoms with E-state index < -0.39 is 11.8 Å². The predicted octanol–water partition coefficient (Wildman–Crippen LogP) is 2.78. The van der Waals surface area contributed by atoms with E-state index >= 15 is 0 Å². The molecule has 138 valence electrons. The third kappa shape index (κ3) is 4.58. The number of nitrogens with two attached hydrogens (primary N) is 1. The SMILES string of the molecule is COc1ccc(C(N)=O)c(OCC(=O)Nc2cc(C)c(Cl)cc2OC)c1. The zero-order chi connectivity index (χ0) is 19.3. The molecule has 26 heavy (non-hydrogen) atoms. The molecule has 0 saturated carbocycles. The number of halogens is 1. The second-order valence-electron chi connectivity index (χ2n) is 5.36. The van der Waals surface area contributed by atoms with Crippen molar-refractivity contribution in [2.24, 2.45) is 5.73 Å². The van der Waals surface area contributed by atoms with Crippen LogP contribution in [0.25, 0.3) is 0 Å².